The van der Waals surface area contributed by atoms with Crippen molar-refractivity contribution in [3.05, 3.63) is 0 Å². The summed E-state index contributed by atoms with van der Waals surface area (Å²) < 4.78 is 0. The summed E-state index contributed by atoms with van der Waals surface area (Å²) in [6, 6.07) is 1.41. The SMILES string of the molecule is CCCC1CCC(N2CCN(C)CC2CN)CC1. The number of likely N-dealkylation sites (N-methyl/N-ethyl adjacent to an activating group) is 1. The molecule has 2 N–H and O–H groups in total. The van der Waals surface area contributed by atoms with Gasteiger partial charge in [0.25, 0.3) is 0 Å². The van der Waals surface area contributed by atoms with E-state index in [-0.39, 0.29) is 0 Å². The lowest BCUT2D eigenvalue weighted by Crippen LogP contribution is -2.58. The fourth-order valence-electron chi connectivity index (χ4n) is 3.89. The van der Waals surface area contributed by atoms with Gasteiger partial charge in [0.15, 0.2) is 0 Å². The molecule has 2 rings (SSSR count). The Morgan fingerprint density at radius 2 is 1.83 bits per heavy atom. The largest absolute Gasteiger partial charge is 0.329 e. The minimum atomic E-state index is 0.594. The Balaban J connectivity index is 1.84. The molecule has 106 valence electrons. The second kappa shape index (κ2) is 6.88. The van der Waals surface area contributed by atoms with Gasteiger partial charge in [-0.15, -0.1) is 0 Å². The fourth-order valence-corrected chi connectivity index (χ4v) is 3.89. The average molecular weight is 253 g/mol. The number of rotatable bonds is 4. The molecule has 2 aliphatic rings. The Hall–Kier alpha value is -0.120. The van der Waals surface area contributed by atoms with Crippen molar-refractivity contribution < 1.29 is 0 Å². The summed E-state index contributed by atoms with van der Waals surface area (Å²) in [6.45, 7) is 6.73. The van der Waals surface area contributed by atoms with Crippen molar-refractivity contribution in [3.8, 4) is 0 Å². The van der Waals surface area contributed by atoms with E-state index in [0.717, 1.165) is 25.0 Å². The molecule has 3 heteroatoms. The van der Waals surface area contributed by atoms with Gasteiger partial charge in [-0.05, 0) is 38.6 Å². The van der Waals surface area contributed by atoms with Crippen molar-refractivity contribution in [2.24, 2.45) is 11.7 Å². The molecule has 3 nitrogen and oxygen atoms in total. The monoisotopic (exact) mass is 253 g/mol. The lowest BCUT2D eigenvalue weighted by molar-refractivity contribution is 0.0338. The Kier molecular flexibility index (Phi) is 5.46. The van der Waals surface area contributed by atoms with Crippen molar-refractivity contribution >= 4 is 0 Å². The van der Waals surface area contributed by atoms with E-state index in [4.69, 9.17) is 5.73 Å². The van der Waals surface area contributed by atoms with Crippen LogP contribution in [0.5, 0.6) is 0 Å². The highest BCUT2D eigenvalue weighted by molar-refractivity contribution is 4.88. The lowest BCUT2D eigenvalue weighted by atomic mass is 9.82. The Labute approximate surface area is 113 Å². The van der Waals surface area contributed by atoms with Crippen LogP contribution in [0.1, 0.15) is 45.4 Å². The molecular formula is C15H31N3. The first kappa shape index (κ1) is 14.3. The smallest absolute Gasteiger partial charge is 0.0349 e. The number of hydrogen-bond acceptors (Lipinski definition) is 3. The lowest BCUT2D eigenvalue weighted by Gasteiger charge is -2.46. The zero-order chi connectivity index (χ0) is 13.0. The van der Waals surface area contributed by atoms with Crippen LogP contribution in [-0.2, 0) is 0 Å². The van der Waals surface area contributed by atoms with Crippen molar-refractivity contribution in [2.45, 2.75) is 57.5 Å². The van der Waals surface area contributed by atoms with Gasteiger partial charge in [0.1, 0.15) is 0 Å². The standard InChI is InChI=1S/C15H31N3/c1-3-4-13-5-7-14(8-6-13)18-10-9-17(2)12-15(18)11-16/h13-15H,3-12,16H2,1-2H3. The Bertz CT molecular complexity index is 236. The molecule has 0 aromatic heterocycles. The normalized spacial score (nSPS) is 35.8. The highest BCUT2D eigenvalue weighted by atomic mass is 15.3. The summed E-state index contributed by atoms with van der Waals surface area (Å²) in [5.74, 6) is 1.01. The van der Waals surface area contributed by atoms with Crippen LogP contribution in [0.2, 0.25) is 0 Å². The van der Waals surface area contributed by atoms with Crippen LogP contribution in [0.3, 0.4) is 0 Å². The van der Waals surface area contributed by atoms with Crippen LogP contribution >= 0.6 is 0 Å². The summed E-state index contributed by atoms with van der Waals surface area (Å²) >= 11 is 0. The molecule has 1 atom stereocenters. The predicted molar refractivity (Wildman–Crippen MR) is 77.7 cm³/mol. The summed E-state index contributed by atoms with van der Waals surface area (Å²) in [4.78, 5) is 5.15. The molecule has 2 fully saturated rings. The fraction of sp³-hybridized carbons (Fsp3) is 1.00. The molecule has 0 spiro atoms. The van der Waals surface area contributed by atoms with Gasteiger partial charge in [0, 0.05) is 38.3 Å². The molecule has 1 unspecified atom stereocenters. The van der Waals surface area contributed by atoms with Gasteiger partial charge < -0.3 is 10.6 Å². The third-order valence-corrected chi connectivity index (χ3v) is 4.99. The number of nitrogens with two attached hydrogens (primary N) is 1. The molecule has 0 amide bonds. The van der Waals surface area contributed by atoms with Gasteiger partial charge in [0.2, 0.25) is 0 Å². The maximum atomic E-state index is 5.97. The Morgan fingerprint density at radius 3 is 2.44 bits per heavy atom. The van der Waals surface area contributed by atoms with Crippen molar-refractivity contribution in [1.29, 1.82) is 0 Å². The van der Waals surface area contributed by atoms with Crippen LogP contribution in [-0.4, -0.2) is 55.1 Å². The molecule has 1 aliphatic heterocycles. The van der Waals surface area contributed by atoms with Gasteiger partial charge >= 0.3 is 0 Å². The molecular weight excluding hydrogens is 222 g/mol. The summed E-state index contributed by atoms with van der Waals surface area (Å²) in [5, 5.41) is 0. The molecule has 0 bridgehead atoms. The quantitative estimate of drug-likeness (QED) is 0.831. The minimum absolute atomic E-state index is 0.594. The zero-order valence-corrected chi connectivity index (χ0v) is 12.3. The van der Waals surface area contributed by atoms with Crippen molar-refractivity contribution in [1.82, 2.24) is 9.80 Å². The third kappa shape index (κ3) is 3.46. The Morgan fingerprint density at radius 1 is 1.11 bits per heavy atom. The average Bonchev–Trinajstić information content (AvgIpc) is 2.40. The molecule has 0 aromatic carbocycles. The van der Waals surface area contributed by atoms with Crippen molar-refractivity contribution in [3.63, 3.8) is 0 Å². The van der Waals surface area contributed by atoms with E-state index in [1.54, 1.807) is 0 Å². The molecule has 1 heterocycles. The maximum absolute atomic E-state index is 5.97. The first-order chi connectivity index (χ1) is 8.74. The van der Waals surface area contributed by atoms with Gasteiger partial charge in [-0.25, -0.2) is 0 Å². The third-order valence-electron chi connectivity index (χ3n) is 4.99. The zero-order valence-electron chi connectivity index (χ0n) is 12.3. The highest BCUT2D eigenvalue weighted by Crippen LogP contribution is 2.31. The van der Waals surface area contributed by atoms with Crippen LogP contribution in [0.25, 0.3) is 0 Å². The van der Waals surface area contributed by atoms with E-state index in [0.29, 0.717) is 6.04 Å². The first-order valence-electron chi connectivity index (χ1n) is 7.89. The molecule has 18 heavy (non-hydrogen) atoms. The number of hydrogen-bond donors (Lipinski definition) is 1. The van der Waals surface area contributed by atoms with E-state index < -0.39 is 0 Å². The molecule has 1 saturated carbocycles. The van der Waals surface area contributed by atoms with Gasteiger partial charge in [-0.2, -0.15) is 0 Å². The van der Waals surface area contributed by atoms with Crippen LogP contribution < -0.4 is 5.73 Å². The van der Waals surface area contributed by atoms with Crippen LogP contribution in [0.15, 0.2) is 0 Å². The van der Waals surface area contributed by atoms with E-state index in [9.17, 15) is 0 Å². The first-order valence-corrected chi connectivity index (χ1v) is 7.89. The second-order valence-electron chi connectivity index (χ2n) is 6.35. The van der Waals surface area contributed by atoms with E-state index in [2.05, 4.69) is 23.8 Å². The van der Waals surface area contributed by atoms with Crippen LogP contribution in [0, 0.1) is 5.92 Å². The minimum Gasteiger partial charge on any atom is -0.329 e. The highest BCUT2D eigenvalue weighted by Gasteiger charge is 2.32. The van der Waals surface area contributed by atoms with Crippen molar-refractivity contribution in [2.75, 3.05) is 33.2 Å². The maximum Gasteiger partial charge on any atom is 0.0349 e. The summed E-state index contributed by atoms with van der Waals surface area (Å²) in [7, 11) is 2.22. The van der Waals surface area contributed by atoms with E-state index in [1.807, 2.05) is 0 Å². The molecule has 1 saturated heterocycles. The topological polar surface area (TPSA) is 32.5 Å². The van der Waals surface area contributed by atoms with Gasteiger partial charge in [0.05, 0.1) is 0 Å². The predicted octanol–water partition coefficient (Wildman–Crippen LogP) is 1.92. The number of nitrogens with zero attached hydrogens (tertiary/aromatic N) is 2. The second-order valence-corrected chi connectivity index (χ2v) is 6.35. The van der Waals surface area contributed by atoms with Crippen LogP contribution in [0.4, 0.5) is 0 Å². The van der Waals surface area contributed by atoms with E-state index in [1.165, 1.54) is 51.6 Å². The number of piperazine rings is 1. The molecule has 1 aliphatic carbocycles. The molecule has 0 aromatic rings. The summed E-state index contributed by atoms with van der Waals surface area (Å²) in [5.41, 5.74) is 5.97. The summed E-state index contributed by atoms with van der Waals surface area (Å²) in [6.07, 6.45) is 8.51. The molecule has 0 radical (unpaired) electrons. The van der Waals surface area contributed by atoms with Gasteiger partial charge in [-0.1, -0.05) is 19.8 Å². The van der Waals surface area contributed by atoms with E-state index >= 15 is 0 Å². The van der Waals surface area contributed by atoms with Gasteiger partial charge in [-0.3, -0.25) is 4.90 Å².